The third-order valence-corrected chi connectivity index (χ3v) is 7.24. The Labute approximate surface area is 243 Å². The maximum absolute atomic E-state index is 11.9. The molecular weight excluding hydrogens is 480 g/mol. The largest absolute Gasteiger partial charge is 0.393 e. The number of carbonyl (C=O) groups excluding carboxylic acids is 2. The van der Waals surface area contributed by atoms with E-state index in [4.69, 9.17) is 4.74 Å². The maximum atomic E-state index is 11.9. The van der Waals surface area contributed by atoms with E-state index in [9.17, 15) is 9.59 Å². The van der Waals surface area contributed by atoms with Crippen LogP contribution in [-0.2, 0) is 14.3 Å². The molecule has 0 bridgehead atoms. The summed E-state index contributed by atoms with van der Waals surface area (Å²) >= 11 is 0. The first-order chi connectivity index (χ1) is 19.2. The molecule has 0 aromatic heterocycles. The van der Waals surface area contributed by atoms with Crippen LogP contribution >= 0.6 is 0 Å². The lowest BCUT2D eigenvalue weighted by Gasteiger charge is -2.04. The SMILES string of the molecule is CC/C=C\C/C=C\C/C=C\CCCCCCCC(=O)OC(=O)CCCCCCCCCCCCCCCCC. The molecule has 0 unspecified atom stereocenters. The number of carbonyl (C=O) groups is 2. The van der Waals surface area contributed by atoms with E-state index in [1.54, 1.807) is 0 Å². The van der Waals surface area contributed by atoms with Crippen LogP contribution in [0.25, 0.3) is 0 Å². The van der Waals surface area contributed by atoms with Gasteiger partial charge in [-0.1, -0.05) is 159 Å². The smallest absolute Gasteiger partial charge is 0.313 e. The zero-order chi connectivity index (χ0) is 28.5. The third kappa shape index (κ3) is 32.5. The number of hydrogen-bond acceptors (Lipinski definition) is 3. The summed E-state index contributed by atoms with van der Waals surface area (Å²) in [5.41, 5.74) is 0. The normalized spacial score (nSPS) is 11.8. The van der Waals surface area contributed by atoms with Gasteiger partial charge in [-0.2, -0.15) is 0 Å². The summed E-state index contributed by atoms with van der Waals surface area (Å²) in [5, 5.41) is 0. The molecule has 0 aliphatic carbocycles. The van der Waals surface area contributed by atoms with Gasteiger partial charge in [0, 0.05) is 12.8 Å². The second-order valence-electron chi connectivity index (χ2n) is 11.1. The van der Waals surface area contributed by atoms with Gasteiger partial charge < -0.3 is 4.74 Å². The Balaban J connectivity index is 3.37. The van der Waals surface area contributed by atoms with Gasteiger partial charge in [0.15, 0.2) is 0 Å². The van der Waals surface area contributed by atoms with Crippen LogP contribution in [0.15, 0.2) is 36.5 Å². The Hall–Kier alpha value is -1.64. The molecule has 0 amide bonds. The Morgan fingerprint density at radius 1 is 0.436 bits per heavy atom. The van der Waals surface area contributed by atoms with Gasteiger partial charge in [-0.3, -0.25) is 9.59 Å². The van der Waals surface area contributed by atoms with Crippen LogP contribution < -0.4 is 0 Å². The Bertz CT molecular complexity index is 617. The van der Waals surface area contributed by atoms with E-state index in [1.165, 1.54) is 96.3 Å². The van der Waals surface area contributed by atoms with Gasteiger partial charge in [-0.05, 0) is 44.9 Å². The zero-order valence-corrected chi connectivity index (χ0v) is 26.1. The summed E-state index contributed by atoms with van der Waals surface area (Å²) in [6, 6.07) is 0. The Kier molecular flexibility index (Phi) is 31.2. The fourth-order valence-electron chi connectivity index (χ4n) is 4.76. The quantitative estimate of drug-likeness (QED) is 0.0407. The number of hydrogen-bond donors (Lipinski definition) is 0. The van der Waals surface area contributed by atoms with E-state index in [1.807, 2.05) is 0 Å². The van der Waals surface area contributed by atoms with Crippen molar-refractivity contribution < 1.29 is 14.3 Å². The molecule has 0 N–H and O–H groups in total. The van der Waals surface area contributed by atoms with Crippen LogP contribution in [0, 0.1) is 0 Å². The van der Waals surface area contributed by atoms with Crippen molar-refractivity contribution in [1.29, 1.82) is 0 Å². The summed E-state index contributed by atoms with van der Waals surface area (Å²) in [5.74, 6) is -0.684. The molecule has 0 spiro atoms. The van der Waals surface area contributed by atoms with Crippen LogP contribution in [0.4, 0.5) is 0 Å². The molecule has 0 rings (SSSR count). The highest BCUT2D eigenvalue weighted by molar-refractivity contribution is 5.85. The molecule has 0 fully saturated rings. The molecule has 226 valence electrons. The summed E-state index contributed by atoms with van der Waals surface area (Å²) < 4.78 is 4.99. The van der Waals surface area contributed by atoms with Crippen molar-refractivity contribution in [3.05, 3.63) is 36.5 Å². The highest BCUT2D eigenvalue weighted by Crippen LogP contribution is 2.14. The van der Waals surface area contributed by atoms with Crippen molar-refractivity contribution in [3.63, 3.8) is 0 Å². The van der Waals surface area contributed by atoms with Gasteiger partial charge >= 0.3 is 11.9 Å². The predicted octanol–water partition coefficient (Wildman–Crippen LogP) is 11.9. The standard InChI is InChI=1S/C36H64O3/c1-3-5-7-9-11-13-15-17-19-21-23-25-27-29-31-33-35(37)39-36(38)34-32-30-28-26-24-22-20-18-16-14-12-10-8-6-4-2/h5,7,11,13,17,19H,3-4,6,8-10,12,14-16,18,20-34H2,1-2H3/b7-5-,13-11-,19-17-. The van der Waals surface area contributed by atoms with E-state index >= 15 is 0 Å². The first-order valence-corrected chi connectivity index (χ1v) is 16.9. The Morgan fingerprint density at radius 3 is 1.23 bits per heavy atom. The molecule has 0 saturated heterocycles. The zero-order valence-electron chi connectivity index (χ0n) is 26.1. The van der Waals surface area contributed by atoms with Crippen molar-refractivity contribution >= 4 is 11.9 Å². The lowest BCUT2D eigenvalue weighted by molar-refractivity contribution is -0.159. The minimum absolute atomic E-state index is 0.339. The minimum Gasteiger partial charge on any atom is -0.393 e. The van der Waals surface area contributed by atoms with Crippen molar-refractivity contribution in [2.24, 2.45) is 0 Å². The summed E-state index contributed by atoms with van der Waals surface area (Å²) in [6.45, 7) is 4.43. The van der Waals surface area contributed by atoms with Crippen molar-refractivity contribution in [1.82, 2.24) is 0 Å². The van der Waals surface area contributed by atoms with Crippen LogP contribution in [0.5, 0.6) is 0 Å². The van der Waals surface area contributed by atoms with E-state index < -0.39 is 0 Å². The average molecular weight is 545 g/mol. The summed E-state index contributed by atoms with van der Waals surface area (Å²) in [6.07, 6.45) is 43.3. The molecule has 3 heteroatoms. The van der Waals surface area contributed by atoms with Crippen LogP contribution in [-0.4, -0.2) is 11.9 Å². The topological polar surface area (TPSA) is 43.4 Å². The number of ether oxygens (including phenoxy) is 1. The predicted molar refractivity (Wildman–Crippen MR) is 170 cm³/mol. The first kappa shape index (κ1) is 37.4. The molecule has 0 aromatic carbocycles. The molecule has 0 radical (unpaired) electrons. The summed E-state index contributed by atoms with van der Waals surface area (Å²) in [7, 11) is 0. The van der Waals surface area contributed by atoms with Gasteiger partial charge in [0.2, 0.25) is 0 Å². The number of esters is 2. The maximum Gasteiger partial charge on any atom is 0.313 e. The van der Waals surface area contributed by atoms with E-state index in [0.29, 0.717) is 12.8 Å². The molecule has 0 aromatic rings. The van der Waals surface area contributed by atoms with Gasteiger partial charge in [0.1, 0.15) is 0 Å². The summed E-state index contributed by atoms with van der Waals surface area (Å²) in [4.78, 5) is 23.8. The minimum atomic E-state index is -0.345. The average Bonchev–Trinajstić information content (AvgIpc) is 2.93. The van der Waals surface area contributed by atoms with Crippen molar-refractivity contribution in [2.75, 3.05) is 0 Å². The van der Waals surface area contributed by atoms with Crippen molar-refractivity contribution in [2.45, 2.75) is 181 Å². The third-order valence-electron chi connectivity index (χ3n) is 7.24. The number of unbranched alkanes of at least 4 members (excludes halogenated alkanes) is 19. The second-order valence-corrected chi connectivity index (χ2v) is 11.1. The lowest BCUT2D eigenvalue weighted by Crippen LogP contribution is -2.11. The molecule has 3 nitrogen and oxygen atoms in total. The fraction of sp³-hybridized carbons (Fsp3) is 0.778. The van der Waals surface area contributed by atoms with Gasteiger partial charge in [0.25, 0.3) is 0 Å². The van der Waals surface area contributed by atoms with Gasteiger partial charge in [0.05, 0.1) is 0 Å². The number of allylic oxidation sites excluding steroid dienone is 6. The van der Waals surface area contributed by atoms with E-state index in [2.05, 4.69) is 50.3 Å². The van der Waals surface area contributed by atoms with Crippen molar-refractivity contribution in [3.8, 4) is 0 Å². The van der Waals surface area contributed by atoms with E-state index in [-0.39, 0.29) is 11.9 Å². The molecular formula is C36H64O3. The highest BCUT2D eigenvalue weighted by atomic mass is 16.6. The fourth-order valence-corrected chi connectivity index (χ4v) is 4.76. The molecule has 39 heavy (non-hydrogen) atoms. The van der Waals surface area contributed by atoms with Gasteiger partial charge in [-0.15, -0.1) is 0 Å². The lowest BCUT2D eigenvalue weighted by atomic mass is 10.0. The van der Waals surface area contributed by atoms with Gasteiger partial charge in [-0.25, -0.2) is 0 Å². The Morgan fingerprint density at radius 2 is 0.795 bits per heavy atom. The van der Waals surface area contributed by atoms with Crippen LogP contribution in [0.1, 0.15) is 181 Å². The molecule has 0 atom stereocenters. The second kappa shape index (κ2) is 32.6. The van der Waals surface area contributed by atoms with E-state index in [0.717, 1.165) is 57.8 Å². The monoisotopic (exact) mass is 544 g/mol. The first-order valence-electron chi connectivity index (χ1n) is 16.9. The molecule has 0 heterocycles. The van der Waals surface area contributed by atoms with Crippen LogP contribution in [0.2, 0.25) is 0 Å². The molecule has 0 saturated carbocycles. The highest BCUT2D eigenvalue weighted by Gasteiger charge is 2.09. The molecule has 0 aliphatic heterocycles. The number of rotatable bonds is 29. The molecule has 0 aliphatic rings. The van der Waals surface area contributed by atoms with Crippen LogP contribution in [0.3, 0.4) is 0 Å².